The van der Waals surface area contributed by atoms with E-state index in [0.717, 1.165) is 89.9 Å². The topological polar surface area (TPSA) is 78.9 Å². The van der Waals surface area contributed by atoms with Crippen molar-refractivity contribution in [3.63, 3.8) is 0 Å². The molecule has 0 aliphatic carbocycles. The molecule has 0 aromatic carbocycles. The van der Waals surface area contributed by atoms with Crippen LogP contribution < -0.4 is 0 Å². The third-order valence-corrected chi connectivity index (χ3v) is 16.5. The predicted molar refractivity (Wildman–Crippen MR) is 362 cm³/mol. The lowest BCUT2D eigenvalue weighted by Crippen LogP contribution is -2.30. The van der Waals surface area contributed by atoms with E-state index in [9.17, 15) is 14.4 Å². The van der Waals surface area contributed by atoms with E-state index >= 15 is 0 Å². The van der Waals surface area contributed by atoms with Crippen molar-refractivity contribution in [3.8, 4) is 0 Å². The van der Waals surface area contributed by atoms with Crippen molar-refractivity contribution in [1.29, 1.82) is 0 Å². The zero-order valence-corrected chi connectivity index (χ0v) is 55.7. The zero-order valence-electron chi connectivity index (χ0n) is 55.7. The standard InChI is InChI=1S/C77H140O6/c1-4-7-10-13-16-19-22-25-28-31-33-34-35-36-37-38-39-40-41-42-43-44-45-47-49-52-55-58-61-64-67-70-76(79)82-73-74(72-81-75(78)69-66-63-60-57-54-51-48-30-27-24-21-18-15-12-9-6-3)83-77(80)71-68-65-62-59-56-53-50-46-32-29-26-23-20-17-14-11-8-5-2/h20-21,23-24,29-33,48,74H,4-19,22,25-28,34-47,49-73H2,1-3H3/b23-20-,24-21-,32-29-,33-31-,48-30-. The molecule has 0 aliphatic rings. The molecule has 0 aromatic heterocycles. The maximum absolute atomic E-state index is 12.9. The summed E-state index contributed by atoms with van der Waals surface area (Å²) in [5.74, 6) is -0.877. The van der Waals surface area contributed by atoms with E-state index in [2.05, 4.69) is 81.5 Å². The molecule has 0 fully saturated rings. The first kappa shape index (κ1) is 80.1. The van der Waals surface area contributed by atoms with Crippen LogP contribution in [-0.2, 0) is 28.6 Å². The number of rotatable bonds is 68. The number of hydrogen-bond donors (Lipinski definition) is 0. The summed E-state index contributed by atoms with van der Waals surface area (Å²) in [6.45, 7) is 6.65. The highest BCUT2D eigenvalue weighted by Crippen LogP contribution is 2.18. The Bertz CT molecular complexity index is 1470. The molecule has 0 rings (SSSR count). The number of carbonyl (C=O) groups is 3. The fraction of sp³-hybridized carbons (Fsp3) is 0.831. The molecule has 0 bridgehead atoms. The second-order valence-electron chi connectivity index (χ2n) is 24.8. The Labute approximate surface area is 517 Å². The lowest BCUT2D eigenvalue weighted by atomic mass is 10.0. The van der Waals surface area contributed by atoms with Gasteiger partial charge in [0.05, 0.1) is 0 Å². The summed E-state index contributed by atoms with van der Waals surface area (Å²) in [5, 5.41) is 0. The van der Waals surface area contributed by atoms with Crippen LogP contribution in [-0.4, -0.2) is 37.2 Å². The molecule has 0 saturated carbocycles. The molecule has 484 valence electrons. The van der Waals surface area contributed by atoms with Crippen molar-refractivity contribution < 1.29 is 28.6 Å². The van der Waals surface area contributed by atoms with Crippen LogP contribution in [0.15, 0.2) is 60.8 Å². The monoisotopic (exact) mass is 1160 g/mol. The molecular weight excluding hydrogens is 1020 g/mol. The van der Waals surface area contributed by atoms with Crippen LogP contribution in [0.3, 0.4) is 0 Å². The van der Waals surface area contributed by atoms with Crippen LogP contribution in [0.4, 0.5) is 0 Å². The largest absolute Gasteiger partial charge is 0.462 e. The molecule has 0 radical (unpaired) electrons. The van der Waals surface area contributed by atoms with Crippen molar-refractivity contribution in [3.05, 3.63) is 60.8 Å². The summed E-state index contributed by atoms with van der Waals surface area (Å²) < 4.78 is 17.0. The minimum atomic E-state index is -0.785. The normalized spacial score (nSPS) is 12.4. The minimum Gasteiger partial charge on any atom is -0.462 e. The van der Waals surface area contributed by atoms with Crippen molar-refractivity contribution in [2.24, 2.45) is 0 Å². The summed E-state index contributed by atoms with van der Waals surface area (Å²) >= 11 is 0. The van der Waals surface area contributed by atoms with Gasteiger partial charge in [0.25, 0.3) is 0 Å². The maximum atomic E-state index is 12.9. The van der Waals surface area contributed by atoms with Gasteiger partial charge in [-0.1, -0.05) is 326 Å². The number of ether oxygens (including phenoxy) is 3. The Morgan fingerprint density at radius 3 is 0.687 bits per heavy atom. The summed E-state index contributed by atoms with van der Waals surface area (Å²) in [6, 6.07) is 0. The first-order valence-corrected chi connectivity index (χ1v) is 36.8. The van der Waals surface area contributed by atoms with Gasteiger partial charge < -0.3 is 14.2 Å². The van der Waals surface area contributed by atoms with E-state index in [1.165, 1.54) is 263 Å². The Morgan fingerprint density at radius 1 is 0.241 bits per heavy atom. The van der Waals surface area contributed by atoms with Crippen molar-refractivity contribution >= 4 is 17.9 Å². The lowest BCUT2D eigenvalue weighted by molar-refractivity contribution is -0.167. The van der Waals surface area contributed by atoms with E-state index in [1.54, 1.807) is 0 Å². The predicted octanol–water partition coefficient (Wildman–Crippen LogP) is 25.5. The number of unbranched alkanes of at least 4 members (excludes halogenated alkanes) is 47. The van der Waals surface area contributed by atoms with E-state index in [4.69, 9.17) is 14.2 Å². The SMILES string of the molecule is CCCCCC/C=C\C/C=C\CCCCCCCCCC(=O)OC(COC(=O)CCCCCCC/C=C\C/C=C\CCCCCC)COC(=O)CCCCCCCCCCCCCCCCCCCCC/C=C\CCCCCCCCCC. The molecule has 1 atom stereocenters. The Kier molecular flexibility index (Phi) is 69.1. The highest BCUT2D eigenvalue weighted by atomic mass is 16.6. The highest BCUT2D eigenvalue weighted by molar-refractivity contribution is 5.71. The molecular formula is C77H140O6. The second kappa shape index (κ2) is 71.6. The van der Waals surface area contributed by atoms with Gasteiger partial charge in [0, 0.05) is 19.3 Å². The van der Waals surface area contributed by atoms with E-state index in [-0.39, 0.29) is 31.1 Å². The fourth-order valence-corrected chi connectivity index (χ4v) is 10.9. The molecule has 83 heavy (non-hydrogen) atoms. The second-order valence-corrected chi connectivity index (χ2v) is 24.8. The number of carbonyl (C=O) groups excluding carboxylic acids is 3. The lowest BCUT2D eigenvalue weighted by Gasteiger charge is -2.18. The zero-order chi connectivity index (χ0) is 59.9. The Balaban J connectivity index is 4.22. The van der Waals surface area contributed by atoms with E-state index in [0.29, 0.717) is 19.3 Å². The molecule has 0 N–H and O–H groups in total. The number of hydrogen-bond acceptors (Lipinski definition) is 6. The van der Waals surface area contributed by atoms with Crippen LogP contribution in [0.1, 0.15) is 393 Å². The van der Waals surface area contributed by atoms with E-state index in [1.807, 2.05) is 0 Å². The van der Waals surface area contributed by atoms with Gasteiger partial charge in [-0.2, -0.15) is 0 Å². The average Bonchev–Trinajstić information content (AvgIpc) is 3.50. The molecule has 6 heteroatoms. The highest BCUT2D eigenvalue weighted by Gasteiger charge is 2.19. The number of allylic oxidation sites excluding steroid dienone is 10. The van der Waals surface area contributed by atoms with Crippen molar-refractivity contribution in [2.75, 3.05) is 13.2 Å². The molecule has 1 unspecified atom stereocenters. The van der Waals surface area contributed by atoms with Gasteiger partial charge in [0.2, 0.25) is 0 Å². The van der Waals surface area contributed by atoms with Gasteiger partial charge in [-0.05, 0) is 109 Å². The van der Waals surface area contributed by atoms with Crippen LogP contribution in [0, 0.1) is 0 Å². The van der Waals surface area contributed by atoms with Crippen LogP contribution in [0.25, 0.3) is 0 Å². The van der Waals surface area contributed by atoms with Gasteiger partial charge in [0.15, 0.2) is 6.10 Å². The molecule has 0 amide bonds. The molecule has 0 saturated heterocycles. The molecule has 6 nitrogen and oxygen atoms in total. The van der Waals surface area contributed by atoms with Gasteiger partial charge >= 0.3 is 17.9 Å². The van der Waals surface area contributed by atoms with Crippen molar-refractivity contribution in [1.82, 2.24) is 0 Å². The minimum absolute atomic E-state index is 0.0787. The van der Waals surface area contributed by atoms with Crippen LogP contribution in [0.5, 0.6) is 0 Å². The molecule has 0 spiro atoms. The number of esters is 3. The first-order chi connectivity index (χ1) is 41.0. The van der Waals surface area contributed by atoms with Crippen molar-refractivity contribution in [2.45, 2.75) is 399 Å². The summed E-state index contributed by atoms with van der Waals surface area (Å²) in [5.41, 5.74) is 0. The van der Waals surface area contributed by atoms with Gasteiger partial charge in [-0.25, -0.2) is 0 Å². The maximum Gasteiger partial charge on any atom is 0.306 e. The van der Waals surface area contributed by atoms with Crippen LogP contribution >= 0.6 is 0 Å². The summed E-state index contributed by atoms with van der Waals surface area (Å²) in [4.78, 5) is 38.5. The fourth-order valence-electron chi connectivity index (χ4n) is 10.9. The Hall–Kier alpha value is -2.89. The van der Waals surface area contributed by atoms with Crippen LogP contribution in [0.2, 0.25) is 0 Å². The average molecular weight is 1160 g/mol. The summed E-state index contributed by atoms with van der Waals surface area (Å²) in [7, 11) is 0. The third kappa shape index (κ3) is 69.8. The molecule has 0 heterocycles. The van der Waals surface area contributed by atoms with Gasteiger partial charge in [-0.15, -0.1) is 0 Å². The molecule has 0 aromatic rings. The Morgan fingerprint density at radius 2 is 0.434 bits per heavy atom. The smallest absolute Gasteiger partial charge is 0.306 e. The third-order valence-electron chi connectivity index (χ3n) is 16.5. The molecule has 0 aliphatic heterocycles. The quantitative estimate of drug-likeness (QED) is 0.0261. The summed E-state index contributed by atoms with van der Waals surface area (Å²) in [6.07, 6.45) is 92.6. The van der Waals surface area contributed by atoms with Gasteiger partial charge in [-0.3, -0.25) is 14.4 Å². The van der Waals surface area contributed by atoms with Gasteiger partial charge in [0.1, 0.15) is 13.2 Å². The first-order valence-electron chi connectivity index (χ1n) is 36.8. The van der Waals surface area contributed by atoms with E-state index < -0.39 is 6.10 Å².